The summed E-state index contributed by atoms with van der Waals surface area (Å²) in [7, 11) is 1.75. The average molecular weight is 315 g/mol. The summed E-state index contributed by atoms with van der Waals surface area (Å²) in [5.74, 6) is 0.160. The molecule has 0 aliphatic rings. The molecule has 0 N–H and O–H groups in total. The van der Waals surface area contributed by atoms with Gasteiger partial charge >= 0.3 is 0 Å². The Bertz CT molecular complexity index is 535. The van der Waals surface area contributed by atoms with Crippen LogP contribution in [0.1, 0.15) is 21.0 Å². The highest BCUT2D eigenvalue weighted by molar-refractivity contribution is 9.10. The van der Waals surface area contributed by atoms with Crippen molar-refractivity contribution in [2.75, 3.05) is 7.05 Å². The van der Waals surface area contributed by atoms with Crippen molar-refractivity contribution in [3.05, 3.63) is 38.3 Å². The third-order valence-corrected chi connectivity index (χ3v) is 3.99. The molecule has 0 atom stereocenters. The van der Waals surface area contributed by atoms with Gasteiger partial charge in [-0.25, -0.2) is 0 Å². The van der Waals surface area contributed by atoms with Crippen molar-refractivity contribution < 1.29 is 9.32 Å². The number of carbonyl (C=O) groups excluding carboxylic acids is 1. The van der Waals surface area contributed by atoms with E-state index >= 15 is 0 Å². The monoisotopic (exact) mass is 314 g/mol. The van der Waals surface area contributed by atoms with Gasteiger partial charge < -0.3 is 9.42 Å². The van der Waals surface area contributed by atoms with Crippen LogP contribution in [0, 0.1) is 6.92 Å². The number of halogens is 1. The first kappa shape index (κ1) is 12.3. The zero-order valence-corrected chi connectivity index (χ0v) is 11.8. The molecule has 0 aliphatic heterocycles. The summed E-state index contributed by atoms with van der Waals surface area (Å²) in [6.07, 6.45) is 1.54. The van der Waals surface area contributed by atoms with E-state index in [2.05, 4.69) is 21.1 Å². The first-order valence-electron chi connectivity index (χ1n) is 4.97. The molecule has 0 radical (unpaired) electrons. The number of hydrogen-bond donors (Lipinski definition) is 0. The van der Waals surface area contributed by atoms with Crippen LogP contribution in [0.2, 0.25) is 0 Å². The van der Waals surface area contributed by atoms with E-state index in [0.29, 0.717) is 12.3 Å². The third-order valence-electron chi connectivity index (χ3n) is 2.30. The van der Waals surface area contributed by atoms with E-state index in [1.54, 1.807) is 36.4 Å². The normalized spacial score (nSPS) is 10.5. The largest absolute Gasteiger partial charge is 0.351 e. The van der Waals surface area contributed by atoms with Crippen LogP contribution in [0.4, 0.5) is 0 Å². The molecule has 0 saturated carbocycles. The average Bonchev–Trinajstić information content (AvgIpc) is 2.86. The highest BCUT2D eigenvalue weighted by Crippen LogP contribution is 2.21. The van der Waals surface area contributed by atoms with E-state index in [4.69, 9.17) is 4.52 Å². The minimum absolute atomic E-state index is 0.149. The van der Waals surface area contributed by atoms with Gasteiger partial charge in [-0.05, 0) is 28.9 Å². The van der Waals surface area contributed by atoms with E-state index in [0.717, 1.165) is 14.9 Å². The number of nitrogens with zero attached hydrogens (tertiary/aromatic N) is 2. The molecule has 2 aromatic heterocycles. The Balaban J connectivity index is 2.08. The standard InChI is InChI=1S/C11H11BrN2O2S/c1-7-4-13-16-10(7)11(15)14(2)5-9-3-8(12)6-17-9/h3-4,6H,5H2,1-2H3. The number of aromatic nitrogens is 1. The summed E-state index contributed by atoms with van der Waals surface area (Å²) in [6, 6.07) is 2.00. The minimum Gasteiger partial charge on any atom is -0.351 e. The van der Waals surface area contributed by atoms with Gasteiger partial charge in [-0.15, -0.1) is 11.3 Å². The van der Waals surface area contributed by atoms with Gasteiger partial charge in [-0.1, -0.05) is 5.16 Å². The van der Waals surface area contributed by atoms with Gasteiger partial charge in [0.15, 0.2) is 0 Å². The van der Waals surface area contributed by atoms with Crippen LogP contribution in [-0.2, 0) is 6.54 Å². The van der Waals surface area contributed by atoms with Crippen LogP contribution in [0.5, 0.6) is 0 Å². The molecule has 0 unspecified atom stereocenters. The molecule has 0 fully saturated rings. The van der Waals surface area contributed by atoms with Crippen LogP contribution in [-0.4, -0.2) is 23.0 Å². The Morgan fingerprint density at radius 2 is 2.41 bits per heavy atom. The Labute approximate surface area is 111 Å². The molecule has 2 aromatic rings. The van der Waals surface area contributed by atoms with Gasteiger partial charge in [-0.2, -0.15) is 0 Å². The molecule has 17 heavy (non-hydrogen) atoms. The SMILES string of the molecule is Cc1cnoc1C(=O)N(C)Cc1cc(Br)cs1. The molecule has 90 valence electrons. The quantitative estimate of drug-likeness (QED) is 0.874. The van der Waals surface area contributed by atoms with Gasteiger partial charge in [0.05, 0.1) is 12.7 Å². The fourth-order valence-corrected chi connectivity index (χ4v) is 2.92. The topological polar surface area (TPSA) is 46.3 Å². The second-order valence-electron chi connectivity index (χ2n) is 3.73. The zero-order chi connectivity index (χ0) is 12.4. The van der Waals surface area contributed by atoms with Gasteiger partial charge in [0.2, 0.25) is 5.76 Å². The molecule has 6 heteroatoms. The van der Waals surface area contributed by atoms with Crippen molar-refractivity contribution >= 4 is 33.2 Å². The van der Waals surface area contributed by atoms with Crippen LogP contribution in [0.15, 0.2) is 26.6 Å². The van der Waals surface area contributed by atoms with Gasteiger partial charge in [0.25, 0.3) is 5.91 Å². The lowest BCUT2D eigenvalue weighted by Crippen LogP contribution is -2.25. The van der Waals surface area contributed by atoms with Crippen LogP contribution < -0.4 is 0 Å². The second kappa shape index (κ2) is 5.01. The Morgan fingerprint density at radius 1 is 1.65 bits per heavy atom. The van der Waals surface area contributed by atoms with Crippen molar-refractivity contribution in [2.45, 2.75) is 13.5 Å². The maximum absolute atomic E-state index is 12.0. The molecule has 0 aromatic carbocycles. The highest BCUT2D eigenvalue weighted by Gasteiger charge is 2.19. The summed E-state index contributed by atoms with van der Waals surface area (Å²) in [5.41, 5.74) is 0.759. The van der Waals surface area contributed by atoms with Crippen LogP contribution >= 0.6 is 27.3 Å². The number of thiophene rings is 1. The molecule has 0 bridgehead atoms. The number of amides is 1. The summed E-state index contributed by atoms with van der Waals surface area (Å²) in [6.45, 7) is 2.37. The number of rotatable bonds is 3. The number of aryl methyl sites for hydroxylation is 1. The van der Waals surface area contributed by atoms with Crippen molar-refractivity contribution in [1.29, 1.82) is 0 Å². The fraction of sp³-hybridized carbons (Fsp3) is 0.273. The summed E-state index contributed by atoms with van der Waals surface area (Å²) in [4.78, 5) is 14.8. The first-order chi connectivity index (χ1) is 8.08. The maximum atomic E-state index is 12.0. The van der Waals surface area contributed by atoms with Gasteiger partial charge in [0, 0.05) is 27.3 Å². The molecule has 2 heterocycles. The predicted molar refractivity (Wildman–Crippen MR) is 69.1 cm³/mol. The molecule has 1 amide bonds. The second-order valence-corrected chi connectivity index (χ2v) is 5.64. The van der Waals surface area contributed by atoms with E-state index in [1.165, 1.54) is 0 Å². The number of carbonyl (C=O) groups is 1. The Morgan fingerprint density at radius 3 is 2.94 bits per heavy atom. The molecule has 2 rings (SSSR count). The van der Waals surface area contributed by atoms with Crippen molar-refractivity contribution in [1.82, 2.24) is 10.1 Å². The van der Waals surface area contributed by atoms with E-state index in [1.807, 2.05) is 11.4 Å². The molecule has 4 nitrogen and oxygen atoms in total. The molecular weight excluding hydrogens is 304 g/mol. The lowest BCUT2D eigenvalue weighted by atomic mass is 10.2. The van der Waals surface area contributed by atoms with Crippen molar-refractivity contribution in [2.24, 2.45) is 0 Å². The minimum atomic E-state index is -0.149. The lowest BCUT2D eigenvalue weighted by Gasteiger charge is -2.14. The summed E-state index contributed by atoms with van der Waals surface area (Å²) >= 11 is 5.00. The van der Waals surface area contributed by atoms with Gasteiger partial charge in [-0.3, -0.25) is 4.79 Å². The van der Waals surface area contributed by atoms with Crippen molar-refractivity contribution in [3.8, 4) is 0 Å². The highest BCUT2D eigenvalue weighted by atomic mass is 79.9. The molecular formula is C11H11BrN2O2S. The van der Waals surface area contributed by atoms with Crippen molar-refractivity contribution in [3.63, 3.8) is 0 Å². The number of hydrogen-bond acceptors (Lipinski definition) is 4. The lowest BCUT2D eigenvalue weighted by molar-refractivity contribution is 0.0744. The van der Waals surface area contributed by atoms with Gasteiger partial charge in [0.1, 0.15) is 0 Å². The zero-order valence-electron chi connectivity index (χ0n) is 9.44. The van der Waals surface area contributed by atoms with E-state index < -0.39 is 0 Å². The predicted octanol–water partition coefficient (Wildman–Crippen LogP) is 3.08. The van der Waals surface area contributed by atoms with Crippen LogP contribution in [0.25, 0.3) is 0 Å². The maximum Gasteiger partial charge on any atom is 0.292 e. The molecule has 0 spiro atoms. The Kier molecular flexibility index (Phi) is 3.63. The molecule has 0 saturated heterocycles. The summed E-state index contributed by atoms with van der Waals surface area (Å²) in [5, 5.41) is 5.60. The van der Waals surface area contributed by atoms with Crippen LogP contribution in [0.3, 0.4) is 0 Å². The smallest absolute Gasteiger partial charge is 0.292 e. The fourth-order valence-electron chi connectivity index (χ4n) is 1.41. The van der Waals surface area contributed by atoms with E-state index in [9.17, 15) is 4.79 Å². The summed E-state index contributed by atoms with van der Waals surface area (Å²) < 4.78 is 5.98. The van der Waals surface area contributed by atoms with E-state index in [-0.39, 0.29) is 5.91 Å². The Hall–Kier alpha value is -1.14. The third kappa shape index (κ3) is 2.76. The first-order valence-corrected chi connectivity index (χ1v) is 6.65. The molecule has 0 aliphatic carbocycles.